The summed E-state index contributed by atoms with van der Waals surface area (Å²) in [5, 5.41) is 15.7. The number of amides is 3. The Morgan fingerprint density at radius 3 is 2.47 bits per heavy atom. The number of aliphatic hydroxyl groups is 1. The van der Waals surface area contributed by atoms with Gasteiger partial charge in [-0.15, -0.1) is 13.2 Å². The van der Waals surface area contributed by atoms with Gasteiger partial charge in [-0.3, -0.25) is 23.9 Å². The van der Waals surface area contributed by atoms with Gasteiger partial charge in [0.25, 0.3) is 5.91 Å². The lowest BCUT2D eigenvalue weighted by Crippen LogP contribution is -2.55. The van der Waals surface area contributed by atoms with Crippen LogP contribution in [-0.2, 0) is 23.9 Å². The van der Waals surface area contributed by atoms with Crippen LogP contribution < -0.4 is 10.6 Å². The van der Waals surface area contributed by atoms with E-state index < -0.39 is 54.7 Å². The number of halogens is 3. The lowest BCUT2D eigenvalue weighted by molar-refractivity contribution is -0.321. The second kappa shape index (κ2) is 11.0. The van der Waals surface area contributed by atoms with Crippen LogP contribution >= 0.6 is 0 Å². The van der Waals surface area contributed by atoms with Crippen molar-refractivity contribution in [3.05, 3.63) is 0 Å². The molecular weight excluding hydrogens is 483 g/mol. The molecular formula is C24H36F3N3O6. The van der Waals surface area contributed by atoms with Crippen molar-refractivity contribution in [3.8, 4) is 0 Å². The number of likely N-dealkylation sites (tertiary alicyclic amines) is 1. The van der Waals surface area contributed by atoms with E-state index >= 15 is 0 Å². The molecule has 12 heteroatoms. The average Bonchev–Trinajstić information content (AvgIpc) is 3.45. The Balaban J connectivity index is 1.78. The highest BCUT2D eigenvalue weighted by Gasteiger charge is 2.51. The van der Waals surface area contributed by atoms with E-state index in [4.69, 9.17) is 0 Å². The molecule has 0 bridgehead atoms. The van der Waals surface area contributed by atoms with Crippen molar-refractivity contribution in [2.24, 2.45) is 23.2 Å². The first-order valence-corrected chi connectivity index (χ1v) is 12.5. The lowest BCUT2D eigenvalue weighted by atomic mass is 9.88. The van der Waals surface area contributed by atoms with Crippen molar-refractivity contribution in [2.45, 2.75) is 83.8 Å². The van der Waals surface area contributed by atoms with Gasteiger partial charge in [0.15, 0.2) is 5.78 Å². The minimum atomic E-state index is -5.02. The van der Waals surface area contributed by atoms with E-state index in [9.17, 15) is 37.5 Å². The predicted molar refractivity (Wildman–Crippen MR) is 121 cm³/mol. The van der Waals surface area contributed by atoms with Gasteiger partial charge in [-0.25, -0.2) is 0 Å². The smallest absolute Gasteiger partial charge is 0.383 e. The molecule has 0 aromatic rings. The van der Waals surface area contributed by atoms with E-state index in [0.717, 1.165) is 12.8 Å². The zero-order chi connectivity index (χ0) is 26.8. The third-order valence-electron chi connectivity index (χ3n) is 7.30. The van der Waals surface area contributed by atoms with Crippen molar-refractivity contribution in [1.82, 2.24) is 15.5 Å². The molecule has 1 saturated carbocycles. The van der Waals surface area contributed by atoms with Gasteiger partial charge >= 0.3 is 6.36 Å². The summed E-state index contributed by atoms with van der Waals surface area (Å²) in [5.74, 6) is -3.33. The van der Waals surface area contributed by atoms with Gasteiger partial charge in [-0.05, 0) is 49.4 Å². The van der Waals surface area contributed by atoms with Crippen LogP contribution in [-0.4, -0.2) is 77.8 Å². The first-order chi connectivity index (χ1) is 16.7. The van der Waals surface area contributed by atoms with Gasteiger partial charge in [0, 0.05) is 19.0 Å². The minimum Gasteiger partial charge on any atom is -0.383 e. The van der Waals surface area contributed by atoms with Crippen molar-refractivity contribution < 1.29 is 42.2 Å². The monoisotopic (exact) mass is 519 g/mol. The molecule has 3 fully saturated rings. The number of carbonyl (C=O) groups excluding carboxylic acids is 4. The summed E-state index contributed by atoms with van der Waals surface area (Å²) in [7, 11) is 0. The average molecular weight is 520 g/mol. The molecule has 204 valence electrons. The topological polar surface area (TPSA) is 125 Å². The van der Waals surface area contributed by atoms with Crippen molar-refractivity contribution in [1.29, 1.82) is 0 Å². The second-order valence-corrected chi connectivity index (χ2v) is 11.3. The Labute approximate surface area is 208 Å². The number of nitrogens with zero attached hydrogens (tertiary/aromatic N) is 1. The maximum Gasteiger partial charge on any atom is 0.522 e. The van der Waals surface area contributed by atoms with Crippen LogP contribution in [0.5, 0.6) is 0 Å². The van der Waals surface area contributed by atoms with Gasteiger partial charge in [0.05, 0.1) is 6.04 Å². The number of nitrogens with one attached hydrogen (secondary N) is 2. The SMILES string of the molecule is CC(C)(C)CC(O)C(=O)N1CC2CCCC2[C@H]1C(=O)NC(CC1CCNC1=O)C(=O)COC(F)(F)F. The van der Waals surface area contributed by atoms with E-state index in [1.165, 1.54) is 4.90 Å². The standard InChI is InChI=1S/C24H36F3N3O6/c1-23(2,3)10-17(31)22(35)30-11-14-5-4-6-15(14)19(30)21(34)29-16(9-13-7-8-28-20(13)33)18(32)12-36-24(25,26)27/h13-17,19,31H,4-12H2,1-3H3,(H,28,33)(H,29,34)/t13?,14?,15?,16?,17?,19-/m0/s1. The van der Waals surface area contributed by atoms with E-state index in [-0.39, 0.29) is 36.0 Å². The second-order valence-electron chi connectivity index (χ2n) is 11.3. The minimum absolute atomic E-state index is 0.0647. The summed E-state index contributed by atoms with van der Waals surface area (Å²) < 4.78 is 41.3. The zero-order valence-electron chi connectivity index (χ0n) is 20.9. The largest absolute Gasteiger partial charge is 0.522 e. The number of ketones is 1. The highest BCUT2D eigenvalue weighted by molar-refractivity contribution is 5.95. The van der Waals surface area contributed by atoms with Gasteiger partial charge in [-0.1, -0.05) is 27.2 Å². The molecule has 36 heavy (non-hydrogen) atoms. The number of fused-ring (bicyclic) bond motifs is 1. The van der Waals surface area contributed by atoms with Crippen molar-refractivity contribution in [2.75, 3.05) is 19.7 Å². The molecule has 3 amide bonds. The zero-order valence-corrected chi connectivity index (χ0v) is 20.9. The van der Waals surface area contributed by atoms with Crippen LogP contribution in [0, 0.1) is 23.2 Å². The Morgan fingerprint density at radius 2 is 1.89 bits per heavy atom. The molecule has 0 spiro atoms. The molecule has 2 aliphatic heterocycles. The number of alkyl halides is 3. The maximum absolute atomic E-state index is 13.5. The Morgan fingerprint density at radius 1 is 1.19 bits per heavy atom. The Kier molecular flexibility index (Phi) is 8.70. The van der Waals surface area contributed by atoms with E-state index in [1.807, 2.05) is 20.8 Å². The summed E-state index contributed by atoms with van der Waals surface area (Å²) in [4.78, 5) is 52.7. The molecule has 1 aliphatic carbocycles. The molecule has 0 aromatic heterocycles. The molecule has 0 aromatic carbocycles. The fourth-order valence-electron chi connectivity index (χ4n) is 5.66. The molecule has 2 heterocycles. The van der Waals surface area contributed by atoms with E-state index in [2.05, 4.69) is 15.4 Å². The van der Waals surface area contributed by atoms with Gasteiger partial charge in [0.1, 0.15) is 18.8 Å². The lowest BCUT2D eigenvalue weighted by Gasteiger charge is -2.32. The number of carbonyl (C=O) groups is 4. The highest BCUT2D eigenvalue weighted by atomic mass is 19.4. The summed E-state index contributed by atoms with van der Waals surface area (Å²) in [6.07, 6.45) is -3.55. The van der Waals surface area contributed by atoms with Crippen LogP contribution in [0.4, 0.5) is 13.2 Å². The molecule has 9 nitrogen and oxygen atoms in total. The summed E-state index contributed by atoms with van der Waals surface area (Å²) in [5.41, 5.74) is -0.333. The van der Waals surface area contributed by atoms with Crippen LogP contribution in [0.2, 0.25) is 0 Å². The molecule has 3 aliphatic rings. The fraction of sp³-hybridized carbons (Fsp3) is 0.833. The number of ether oxygens (including phenoxy) is 1. The molecule has 3 N–H and O–H groups in total. The van der Waals surface area contributed by atoms with Crippen LogP contribution in [0.3, 0.4) is 0 Å². The Bertz CT molecular complexity index is 859. The summed E-state index contributed by atoms with van der Waals surface area (Å²) in [6, 6.07) is -2.33. The number of hydrogen-bond acceptors (Lipinski definition) is 6. The third kappa shape index (κ3) is 7.18. The first kappa shape index (κ1) is 28.4. The van der Waals surface area contributed by atoms with E-state index in [1.54, 1.807) is 0 Å². The van der Waals surface area contributed by atoms with Gasteiger partial charge < -0.3 is 20.6 Å². The number of rotatable bonds is 9. The van der Waals surface area contributed by atoms with E-state index in [0.29, 0.717) is 25.9 Å². The summed E-state index contributed by atoms with van der Waals surface area (Å²) in [6.45, 7) is 5.01. The summed E-state index contributed by atoms with van der Waals surface area (Å²) >= 11 is 0. The fourth-order valence-corrected chi connectivity index (χ4v) is 5.66. The van der Waals surface area contributed by atoms with Crippen LogP contribution in [0.1, 0.15) is 59.3 Å². The van der Waals surface area contributed by atoms with Crippen LogP contribution in [0.25, 0.3) is 0 Å². The third-order valence-corrected chi connectivity index (χ3v) is 7.30. The molecule has 2 saturated heterocycles. The molecule has 5 unspecified atom stereocenters. The normalized spacial score (nSPS) is 28.0. The number of Topliss-reactive ketones (excluding diaryl/α,β-unsaturated/α-hetero) is 1. The van der Waals surface area contributed by atoms with Gasteiger partial charge in [-0.2, -0.15) is 0 Å². The predicted octanol–water partition coefficient (Wildman–Crippen LogP) is 1.53. The maximum atomic E-state index is 13.5. The van der Waals surface area contributed by atoms with Gasteiger partial charge in [0.2, 0.25) is 11.8 Å². The molecule has 6 atom stereocenters. The quantitative estimate of drug-likeness (QED) is 0.424. The first-order valence-electron chi connectivity index (χ1n) is 12.5. The van der Waals surface area contributed by atoms with Crippen molar-refractivity contribution in [3.63, 3.8) is 0 Å². The molecule has 0 radical (unpaired) electrons. The number of aliphatic hydroxyl groups excluding tert-OH is 1. The number of hydrogen-bond donors (Lipinski definition) is 3. The Hall–Kier alpha value is -2.21. The molecule has 3 rings (SSSR count). The highest BCUT2D eigenvalue weighted by Crippen LogP contribution is 2.43. The van der Waals surface area contributed by atoms with Crippen LogP contribution in [0.15, 0.2) is 0 Å². The van der Waals surface area contributed by atoms with Crippen molar-refractivity contribution >= 4 is 23.5 Å².